The van der Waals surface area contributed by atoms with Crippen LogP contribution >= 0.6 is 0 Å². The van der Waals surface area contributed by atoms with Gasteiger partial charge < -0.3 is 25.2 Å². The van der Waals surface area contributed by atoms with E-state index in [1.807, 2.05) is 24.3 Å². The van der Waals surface area contributed by atoms with Gasteiger partial charge in [-0.15, -0.1) is 0 Å². The third-order valence-corrected chi connectivity index (χ3v) is 4.39. The summed E-state index contributed by atoms with van der Waals surface area (Å²) in [7, 11) is 1.54. The summed E-state index contributed by atoms with van der Waals surface area (Å²) < 4.78 is 10.6. The van der Waals surface area contributed by atoms with Crippen LogP contribution in [-0.4, -0.2) is 37.2 Å². The zero-order valence-corrected chi connectivity index (χ0v) is 15.0. The van der Waals surface area contributed by atoms with E-state index in [0.717, 1.165) is 23.3 Å². The largest absolute Gasteiger partial charge is 0.496 e. The number of methoxy groups -OCH3 is 1. The molecule has 0 spiro atoms. The Labute approximate surface area is 157 Å². The summed E-state index contributed by atoms with van der Waals surface area (Å²) in [6.07, 6.45) is -0.102. The Morgan fingerprint density at radius 2 is 1.96 bits per heavy atom. The first-order chi connectivity index (χ1) is 13.1. The number of para-hydroxylation sites is 1. The molecule has 0 aliphatic carbocycles. The molecule has 0 bridgehead atoms. The van der Waals surface area contributed by atoms with Crippen molar-refractivity contribution in [1.29, 1.82) is 0 Å². The second kappa shape index (κ2) is 8.55. The van der Waals surface area contributed by atoms with Crippen LogP contribution in [0.2, 0.25) is 0 Å². The molecule has 0 radical (unpaired) electrons. The summed E-state index contributed by atoms with van der Waals surface area (Å²) in [6.45, 7) is 0.752. The Hall–Kier alpha value is -3.06. The fourth-order valence-electron chi connectivity index (χ4n) is 2.91. The Bertz CT molecular complexity index is 837. The first-order valence-corrected chi connectivity index (χ1v) is 8.70. The number of fused-ring (bicyclic) bond motifs is 1. The molecule has 0 saturated carbocycles. The number of hydrogen-bond donors (Lipinski definition) is 3. The number of nitrogens with one attached hydrogen (secondary N) is 2. The van der Waals surface area contributed by atoms with Crippen LogP contribution in [-0.2, 0) is 22.6 Å². The molecule has 27 heavy (non-hydrogen) atoms. The zero-order chi connectivity index (χ0) is 19.2. The van der Waals surface area contributed by atoms with Crippen LogP contribution in [0.25, 0.3) is 0 Å². The highest BCUT2D eigenvalue weighted by atomic mass is 16.5. The van der Waals surface area contributed by atoms with Crippen molar-refractivity contribution in [3.8, 4) is 11.5 Å². The molecule has 0 saturated heterocycles. The third kappa shape index (κ3) is 4.57. The van der Waals surface area contributed by atoms with Gasteiger partial charge in [0.1, 0.15) is 11.5 Å². The van der Waals surface area contributed by atoms with E-state index in [0.29, 0.717) is 17.9 Å². The van der Waals surface area contributed by atoms with Crippen LogP contribution in [0.1, 0.15) is 22.8 Å². The summed E-state index contributed by atoms with van der Waals surface area (Å²) >= 11 is 0. The molecule has 1 atom stereocenters. The number of ether oxygens (including phenoxy) is 2. The molecule has 7 heteroatoms. The maximum absolute atomic E-state index is 12.0. The van der Waals surface area contributed by atoms with Crippen molar-refractivity contribution in [2.45, 2.75) is 19.1 Å². The van der Waals surface area contributed by atoms with Crippen molar-refractivity contribution in [2.24, 2.45) is 0 Å². The molecular formula is C20H22N2O5. The third-order valence-electron chi connectivity index (χ3n) is 4.39. The second-order valence-corrected chi connectivity index (χ2v) is 6.19. The average Bonchev–Trinajstić information content (AvgIpc) is 3.17. The van der Waals surface area contributed by atoms with Gasteiger partial charge in [0.15, 0.2) is 0 Å². The van der Waals surface area contributed by atoms with Gasteiger partial charge in [-0.2, -0.15) is 0 Å². The van der Waals surface area contributed by atoms with Crippen LogP contribution < -0.4 is 20.1 Å². The number of amides is 2. The average molecular weight is 370 g/mol. The minimum Gasteiger partial charge on any atom is -0.496 e. The topological polar surface area (TPSA) is 96.9 Å². The highest BCUT2D eigenvalue weighted by Crippen LogP contribution is 2.28. The standard InChI is InChI=1S/C20H22N2O5/c1-26-17-5-3-2-4-15(17)11-21-19(24)20(25)22-12-16(23)13-6-7-18-14(10-13)8-9-27-18/h2-7,10,16,23H,8-9,11-12H2,1H3,(H,21,24)(H,22,25). The summed E-state index contributed by atoms with van der Waals surface area (Å²) in [5.41, 5.74) is 2.47. The van der Waals surface area contributed by atoms with Gasteiger partial charge in [0, 0.05) is 25.1 Å². The fourth-order valence-corrected chi connectivity index (χ4v) is 2.91. The van der Waals surface area contributed by atoms with Crippen molar-refractivity contribution in [2.75, 3.05) is 20.3 Å². The number of aliphatic hydroxyl groups excluding tert-OH is 1. The van der Waals surface area contributed by atoms with Crippen molar-refractivity contribution in [1.82, 2.24) is 10.6 Å². The van der Waals surface area contributed by atoms with Gasteiger partial charge in [0.2, 0.25) is 0 Å². The minimum absolute atomic E-state index is 0.0550. The van der Waals surface area contributed by atoms with Gasteiger partial charge in [-0.1, -0.05) is 24.3 Å². The molecule has 2 amide bonds. The van der Waals surface area contributed by atoms with Gasteiger partial charge >= 0.3 is 11.8 Å². The molecule has 2 aromatic rings. The fraction of sp³-hybridized carbons (Fsp3) is 0.300. The molecule has 3 N–H and O–H groups in total. The van der Waals surface area contributed by atoms with E-state index in [2.05, 4.69) is 10.6 Å². The molecule has 142 valence electrons. The lowest BCUT2D eigenvalue weighted by molar-refractivity contribution is -0.139. The molecule has 1 aliphatic heterocycles. The molecule has 0 fully saturated rings. The predicted octanol–water partition coefficient (Wildman–Crippen LogP) is 1.10. The summed E-state index contributed by atoms with van der Waals surface area (Å²) in [5.74, 6) is -0.108. The van der Waals surface area contributed by atoms with Crippen LogP contribution in [0, 0.1) is 0 Å². The van der Waals surface area contributed by atoms with E-state index >= 15 is 0 Å². The van der Waals surface area contributed by atoms with Crippen LogP contribution in [0.15, 0.2) is 42.5 Å². The van der Waals surface area contributed by atoms with E-state index in [-0.39, 0.29) is 13.1 Å². The number of carbonyl (C=O) groups is 2. The summed E-state index contributed by atoms with van der Waals surface area (Å²) in [6, 6.07) is 12.6. The second-order valence-electron chi connectivity index (χ2n) is 6.19. The smallest absolute Gasteiger partial charge is 0.309 e. The highest BCUT2D eigenvalue weighted by Gasteiger charge is 2.18. The van der Waals surface area contributed by atoms with Crippen molar-refractivity contribution in [3.63, 3.8) is 0 Å². The van der Waals surface area contributed by atoms with Gasteiger partial charge in [0.05, 0.1) is 19.8 Å². The number of hydrogen-bond acceptors (Lipinski definition) is 5. The molecule has 2 aromatic carbocycles. The number of rotatable bonds is 6. The molecular weight excluding hydrogens is 348 g/mol. The Balaban J connectivity index is 1.49. The lowest BCUT2D eigenvalue weighted by Crippen LogP contribution is -2.41. The predicted molar refractivity (Wildman–Crippen MR) is 98.5 cm³/mol. The SMILES string of the molecule is COc1ccccc1CNC(=O)C(=O)NCC(O)c1ccc2c(c1)CCO2. The van der Waals surface area contributed by atoms with Gasteiger partial charge in [-0.3, -0.25) is 9.59 Å². The number of benzene rings is 2. The Morgan fingerprint density at radius 1 is 1.19 bits per heavy atom. The molecule has 0 aromatic heterocycles. The number of carbonyl (C=O) groups excluding carboxylic acids is 2. The molecule has 3 rings (SSSR count). The Kier molecular flexibility index (Phi) is 5.93. The molecule has 7 nitrogen and oxygen atoms in total. The van der Waals surface area contributed by atoms with Gasteiger partial charge in [-0.25, -0.2) is 0 Å². The zero-order valence-electron chi connectivity index (χ0n) is 15.0. The number of aliphatic hydroxyl groups is 1. The van der Waals surface area contributed by atoms with Crippen molar-refractivity contribution < 1.29 is 24.2 Å². The maximum Gasteiger partial charge on any atom is 0.309 e. The Morgan fingerprint density at radius 3 is 2.78 bits per heavy atom. The normalized spacial score (nSPS) is 13.3. The van der Waals surface area contributed by atoms with Gasteiger partial charge in [0.25, 0.3) is 0 Å². The minimum atomic E-state index is -0.901. The van der Waals surface area contributed by atoms with Gasteiger partial charge in [-0.05, 0) is 29.3 Å². The molecule has 1 heterocycles. The lowest BCUT2D eigenvalue weighted by atomic mass is 10.0. The quantitative estimate of drug-likeness (QED) is 0.662. The molecule has 1 aliphatic rings. The maximum atomic E-state index is 12.0. The summed E-state index contributed by atoms with van der Waals surface area (Å²) in [5, 5.41) is 15.2. The monoisotopic (exact) mass is 370 g/mol. The molecule has 1 unspecified atom stereocenters. The first-order valence-electron chi connectivity index (χ1n) is 8.70. The van der Waals surface area contributed by atoms with E-state index in [1.54, 1.807) is 25.3 Å². The van der Waals surface area contributed by atoms with Crippen molar-refractivity contribution in [3.05, 3.63) is 59.2 Å². The lowest BCUT2D eigenvalue weighted by Gasteiger charge is -2.13. The van der Waals surface area contributed by atoms with Crippen molar-refractivity contribution >= 4 is 11.8 Å². The van der Waals surface area contributed by atoms with Crippen LogP contribution in [0.3, 0.4) is 0 Å². The highest BCUT2D eigenvalue weighted by molar-refractivity contribution is 6.35. The van der Waals surface area contributed by atoms with Crippen LogP contribution in [0.4, 0.5) is 0 Å². The first kappa shape index (κ1) is 18.7. The van der Waals surface area contributed by atoms with E-state index < -0.39 is 17.9 Å². The van der Waals surface area contributed by atoms with E-state index in [1.165, 1.54) is 0 Å². The van der Waals surface area contributed by atoms with E-state index in [9.17, 15) is 14.7 Å². The van der Waals surface area contributed by atoms with Crippen LogP contribution in [0.5, 0.6) is 11.5 Å². The van der Waals surface area contributed by atoms with E-state index in [4.69, 9.17) is 9.47 Å². The summed E-state index contributed by atoms with van der Waals surface area (Å²) in [4.78, 5) is 23.9.